The van der Waals surface area contributed by atoms with E-state index in [1.807, 2.05) is 29.6 Å². The predicted octanol–water partition coefficient (Wildman–Crippen LogP) is 2.67. The van der Waals surface area contributed by atoms with Gasteiger partial charge in [-0.1, -0.05) is 18.2 Å². The lowest BCUT2D eigenvalue weighted by atomic mass is 10.1. The van der Waals surface area contributed by atoms with Crippen LogP contribution in [0.3, 0.4) is 0 Å². The summed E-state index contributed by atoms with van der Waals surface area (Å²) < 4.78 is 5.40. The van der Waals surface area contributed by atoms with Crippen LogP contribution in [0.25, 0.3) is 11.3 Å². The fraction of sp³-hybridized carbons (Fsp3) is 0.143. The van der Waals surface area contributed by atoms with Gasteiger partial charge in [0.25, 0.3) is 5.91 Å². The first kappa shape index (κ1) is 18.3. The monoisotopic (exact) mass is 420 g/mol. The topological polar surface area (TPSA) is 101 Å². The molecule has 1 aromatic heterocycles. The summed E-state index contributed by atoms with van der Waals surface area (Å²) in [7, 11) is 0. The van der Waals surface area contributed by atoms with Crippen LogP contribution in [-0.2, 0) is 20.8 Å². The van der Waals surface area contributed by atoms with Crippen molar-refractivity contribution in [3.05, 3.63) is 53.4 Å². The van der Waals surface area contributed by atoms with Gasteiger partial charge in [-0.05, 0) is 29.8 Å². The Hall–Kier alpha value is -3.72. The highest BCUT2D eigenvalue weighted by Gasteiger charge is 2.27. The number of hydrogen-bond acceptors (Lipinski definition) is 6. The van der Waals surface area contributed by atoms with Crippen LogP contribution in [0.4, 0.5) is 16.5 Å². The molecule has 2 aliphatic heterocycles. The van der Waals surface area contributed by atoms with Crippen LogP contribution in [0.2, 0.25) is 0 Å². The van der Waals surface area contributed by atoms with Crippen LogP contribution in [0.15, 0.2) is 47.8 Å². The van der Waals surface area contributed by atoms with Crippen LogP contribution in [0, 0.1) is 0 Å². The van der Waals surface area contributed by atoms with Gasteiger partial charge >= 0.3 is 0 Å². The molecular formula is C21H16N4O4S. The fourth-order valence-electron chi connectivity index (χ4n) is 3.48. The number of carbonyl (C=O) groups excluding carboxylic acids is 3. The molecule has 5 rings (SSSR count). The van der Waals surface area contributed by atoms with Crippen LogP contribution < -0.4 is 20.3 Å². The summed E-state index contributed by atoms with van der Waals surface area (Å²) in [4.78, 5) is 42.2. The summed E-state index contributed by atoms with van der Waals surface area (Å²) in [5, 5.41) is 7.85. The number of nitrogens with one attached hydrogen (secondary N) is 2. The van der Waals surface area contributed by atoms with Gasteiger partial charge in [-0.2, -0.15) is 0 Å². The van der Waals surface area contributed by atoms with Gasteiger partial charge in [0, 0.05) is 16.6 Å². The zero-order chi connectivity index (χ0) is 20.7. The standard InChI is InChI=1S/C21H16N4O4S/c26-18-8-13-7-12(5-6-14(13)22-18)15-11-30-21(23-15)24-19(27)9-25-16-3-1-2-4-17(16)29-10-20(25)28/h1-7,11H,8-10H2,(H,22,26)(H,23,24,27). The molecule has 0 radical (unpaired) electrons. The van der Waals surface area contributed by atoms with Crippen molar-refractivity contribution in [3.8, 4) is 17.0 Å². The van der Waals surface area contributed by atoms with Crippen molar-refractivity contribution in [2.45, 2.75) is 6.42 Å². The van der Waals surface area contributed by atoms with Crippen LogP contribution in [0.1, 0.15) is 5.56 Å². The largest absolute Gasteiger partial charge is 0.482 e. The Bertz CT molecular complexity index is 1190. The minimum atomic E-state index is -0.343. The Balaban J connectivity index is 1.29. The van der Waals surface area contributed by atoms with Crippen molar-refractivity contribution in [3.63, 3.8) is 0 Å². The number of thiazole rings is 1. The molecule has 3 aromatic rings. The summed E-state index contributed by atoms with van der Waals surface area (Å²) >= 11 is 1.30. The van der Waals surface area contributed by atoms with Crippen molar-refractivity contribution >= 4 is 45.6 Å². The highest BCUT2D eigenvalue weighted by Crippen LogP contribution is 2.32. The smallest absolute Gasteiger partial charge is 0.265 e. The average molecular weight is 420 g/mol. The van der Waals surface area contributed by atoms with E-state index in [4.69, 9.17) is 4.74 Å². The van der Waals surface area contributed by atoms with Gasteiger partial charge in [-0.25, -0.2) is 4.98 Å². The molecule has 0 spiro atoms. The highest BCUT2D eigenvalue weighted by atomic mass is 32.1. The van der Waals surface area contributed by atoms with Crippen LogP contribution in [0.5, 0.6) is 5.75 Å². The van der Waals surface area contributed by atoms with E-state index in [9.17, 15) is 14.4 Å². The van der Waals surface area contributed by atoms with E-state index in [-0.39, 0.29) is 30.9 Å². The molecule has 0 unspecified atom stereocenters. The summed E-state index contributed by atoms with van der Waals surface area (Å²) in [5.74, 6) is -0.0618. The number of para-hydroxylation sites is 2. The molecule has 30 heavy (non-hydrogen) atoms. The van der Waals surface area contributed by atoms with E-state index in [0.717, 1.165) is 16.8 Å². The zero-order valence-electron chi connectivity index (χ0n) is 15.7. The first-order valence-corrected chi connectivity index (χ1v) is 10.2. The van der Waals surface area contributed by atoms with E-state index < -0.39 is 0 Å². The molecule has 8 nitrogen and oxygen atoms in total. The van der Waals surface area contributed by atoms with Crippen molar-refractivity contribution < 1.29 is 19.1 Å². The highest BCUT2D eigenvalue weighted by molar-refractivity contribution is 7.14. The minimum Gasteiger partial charge on any atom is -0.482 e. The Labute approximate surface area is 175 Å². The Morgan fingerprint density at radius 1 is 1.23 bits per heavy atom. The third-order valence-corrected chi connectivity index (χ3v) is 5.64. The molecule has 0 atom stereocenters. The van der Waals surface area contributed by atoms with Gasteiger partial charge in [-0.15, -0.1) is 11.3 Å². The molecule has 0 saturated heterocycles. The maximum absolute atomic E-state index is 12.5. The number of anilines is 3. The van der Waals surface area contributed by atoms with Gasteiger partial charge in [0.1, 0.15) is 12.3 Å². The van der Waals surface area contributed by atoms with E-state index in [0.29, 0.717) is 28.7 Å². The number of benzene rings is 2. The van der Waals surface area contributed by atoms with E-state index in [2.05, 4.69) is 15.6 Å². The van der Waals surface area contributed by atoms with Gasteiger partial charge in [0.2, 0.25) is 11.8 Å². The van der Waals surface area contributed by atoms with Gasteiger partial charge in [-0.3, -0.25) is 19.3 Å². The third-order valence-electron chi connectivity index (χ3n) is 4.89. The van der Waals surface area contributed by atoms with E-state index >= 15 is 0 Å². The summed E-state index contributed by atoms with van der Waals surface area (Å²) in [6.45, 7) is -0.220. The Morgan fingerprint density at radius 2 is 2.10 bits per heavy atom. The van der Waals surface area contributed by atoms with E-state index in [1.54, 1.807) is 18.2 Å². The minimum absolute atomic E-state index is 0.0207. The quantitative estimate of drug-likeness (QED) is 0.676. The number of ether oxygens (including phenoxy) is 1. The third kappa shape index (κ3) is 3.39. The van der Waals surface area contributed by atoms with Gasteiger partial charge in [0.15, 0.2) is 11.7 Å². The molecule has 3 heterocycles. The van der Waals surface area contributed by atoms with Crippen molar-refractivity contribution in [1.29, 1.82) is 0 Å². The van der Waals surface area contributed by atoms with Crippen LogP contribution in [-0.4, -0.2) is 35.9 Å². The first-order chi connectivity index (χ1) is 14.6. The Morgan fingerprint density at radius 3 is 3.00 bits per heavy atom. The molecular weight excluding hydrogens is 404 g/mol. The van der Waals surface area contributed by atoms with Crippen molar-refractivity contribution in [2.24, 2.45) is 0 Å². The first-order valence-electron chi connectivity index (χ1n) is 9.27. The summed E-state index contributed by atoms with van der Waals surface area (Å²) in [6, 6.07) is 12.8. The second kappa shape index (κ2) is 7.27. The predicted molar refractivity (Wildman–Crippen MR) is 113 cm³/mol. The lowest BCUT2D eigenvalue weighted by Crippen LogP contribution is -2.43. The van der Waals surface area contributed by atoms with Gasteiger partial charge in [0.05, 0.1) is 17.8 Å². The second-order valence-corrected chi connectivity index (χ2v) is 7.78. The Kier molecular flexibility index (Phi) is 4.44. The zero-order valence-corrected chi connectivity index (χ0v) is 16.5. The van der Waals surface area contributed by atoms with Crippen molar-refractivity contribution in [2.75, 3.05) is 28.7 Å². The molecule has 2 N–H and O–H groups in total. The summed E-state index contributed by atoms with van der Waals surface area (Å²) in [5.41, 5.74) is 3.91. The number of amides is 3. The van der Waals surface area contributed by atoms with Gasteiger partial charge < -0.3 is 15.4 Å². The number of rotatable bonds is 4. The lowest BCUT2D eigenvalue weighted by molar-refractivity contribution is -0.123. The molecule has 0 fully saturated rings. The molecule has 9 heteroatoms. The molecule has 2 aromatic carbocycles. The number of fused-ring (bicyclic) bond motifs is 2. The second-order valence-electron chi connectivity index (χ2n) is 6.92. The molecule has 0 aliphatic carbocycles. The maximum atomic E-state index is 12.5. The normalized spacial score (nSPS) is 14.6. The number of hydrogen-bond donors (Lipinski definition) is 2. The molecule has 3 amide bonds. The average Bonchev–Trinajstić information content (AvgIpc) is 3.35. The van der Waals surface area contributed by atoms with Crippen molar-refractivity contribution in [1.82, 2.24) is 4.98 Å². The number of aromatic nitrogens is 1. The van der Waals surface area contributed by atoms with E-state index in [1.165, 1.54) is 16.2 Å². The number of nitrogens with zero attached hydrogens (tertiary/aromatic N) is 2. The molecule has 0 saturated carbocycles. The molecule has 0 bridgehead atoms. The lowest BCUT2D eigenvalue weighted by Gasteiger charge is -2.28. The molecule has 150 valence electrons. The number of carbonyl (C=O) groups is 3. The fourth-order valence-corrected chi connectivity index (χ4v) is 4.22. The molecule has 2 aliphatic rings. The van der Waals surface area contributed by atoms with Crippen LogP contribution >= 0.6 is 11.3 Å². The maximum Gasteiger partial charge on any atom is 0.265 e. The SMILES string of the molecule is O=C(CN1C(=O)COc2ccccc21)Nc1nc(-c2ccc3c(c2)CC(=O)N3)cs1. The summed E-state index contributed by atoms with van der Waals surface area (Å²) in [6.07, 6.45) is 0.353.